The van der Waals surface area contributed by atoms with Crippen molar-refractivity contribution in [2.45, 2.75) is 200 Å². The molecule has 0 aliphatic carbocycles. The van der Waals surface area contributed by atoms with Crippen molar-refractivity contribution in [3.63, 3.8) is 0 Å². The highest BCUT2D eigenvalue weighted by Gasteiger charge is 2.24. The summed E-state index contributed by atoms with van der Waals surface area (Å²) in [5, 5.41) is 0. The summed E-state index contributed by atoms with van der Waals surface area (Å²) in [4.78, 5) is 5.40. The maximum atomic E-state index is 2.70. The van der Waals surface area contributed by atoms with E-state index in [1.165, 1.54) is 186 Å². The number of rotatable bonds is 29. The maximum Gasteiger partial charge on any atom is 0.101 e. The van der Waals surface area contributed by atoms with Gasteiger partial charge >= 0.3 is 0 Å². The Balaban J connectivity index is 2.20. The van der Waals surface area contributed by atoms with Gasteiger partial charge in [0.25, 0.3) is 0 Å². The molecule has 0 radical (unpaired) electrons. The molecule has 0 amide bonds. The van der Waals surface area contributed by atoms with Gasteiger partial charge in [-0.2, -0.15) is 0 Å². The lowest BCUT2D eigenvalue weighted by Crippen LogP contribution is -2.39. The fourth-order valence-corrected chi connectivity index (χ4v) is 6.01. The van der Waals surface area contributed by atoms with Crippen LogP contribution in [-0.4, -0.2) is 29.1 Å². The van der Waals surface area contributed by atoms with Crippen molar-refractivity contribution in [3.05, 3.63) is 12.4 Å². The molecular formula is C35H70N2. The molecule has 37 heavy (non-hydrogen) atoms. The molecule has 0 saturated heterocycles. The Bertz CT molecular complexity index is 474. The third-order valence-electron chi connectivity index (χ3n) is 8.57. The van der Waals surface area contributed by atoms with Crippen molar-refractivity contribution in [1.29, 1.82) is 0 Å². The number of hydrogen-bond donors (Lipinski definition) is 0. The molecule has 220 valence electrons. The highest BCUT2D eigenvalue weighted by atomic mass is 15.4. The van der Waals surface area contributed by atoms with Crippen LogP contribution in [0.5, 0.6) is 0 Å². The zero-order valence-corrected chi connectivity index (χ0v) is 26.1. The quantitative estimate of drug-likeness (QED) is 0.0908. The van der Waals surface area contributed by atoms with Crippen LogP contribution in [0.15, 0.2) is 12.4 Å². The van der Waals surface area contributed by atoms with Crippen LogP contribution in [-0.2, 0) is 0 Å². The Hall–Kier alpha value is -0.660. The van der Waals surface area contributed by atoms with Gasteiger partial charge in [0.15, 0.2) is 0 Å². The molecule has 0 aromatic rings. The number of nitrogens with zero attached hydrogens (tertiary/aromatic N) is 2. The highest BCUT2D eigenvalue weighted by Crippen LogP contribution is 2.24. The van der Waals surface area contributed by atoms with Crippen molar-refractivity contribution in [2.24, 2.45) is 0 Å². The lowest BCUT2D eigenvalue weighted by Gasteiger charge is -2.33. The summed E-state index contributed by atoms with van der Waals surface area (Å²) in [7, 11) is 0. The number of unbranched alkanes of at least 4 members (excludes halogenated alkanes) is 23. The van der Waals surface area contributed by atoms with Crippen molar-refractivity contribution in [1.82, 2.24) is 9.80 Å². The molecule has 0 N–H and O–H groups in total. The second kappa shape index (κ2) is 26.9. The lowest BCUT2D eigenvalue weighted by atomic mass is 10.0. The van der Waals surface area contributed by atoms with Crippen LogP contribution in [0.25, 0.3) is 0 Å². The zero-order chi connectivity index (χ0) is 26.7. The van der Waals surface area contributed by atoms with Gasteiger partial charge in [0, 0.05) is 25.5 Å². The van der Waals surface area contributed by atoms with E-state index in [1.807, 2.05) is 0 Å². The van der Waals surface area contributed by atoms with Crippen LogP contribution in [0.3, 0.4) is 0 Å². The molecule has 1 heterocycles. The van der Waals surface area contributed by atoms with E-state index in [-0.39, 0.29) is 0 Å². The second-order valence-corrected chi connectivity index (χ2v) is 12.2. The molecule has 0 aromatic carbocycles. The van der Waals surface area contributed by atoms with E-state index in [4.69, 9.17) is 0 Å². The molecule has 1 rings (SSSR count). The molecule has 1 unspecified atom stereocenters. The van der Waals surface area contributed by atoms with Crippen molar-refractivity contribution < 1.29 is 0 Å². The van der Waals surface area contributed by atoms with Gasteiger partial charge in [0.05, 0.1) is 0 Å². The van der Waals surface area contributed by atoms with Crippen LogP contribution in [0.4, 0.5) is 0 Å². The molecule has 0 fully saturated rings. The summed E-state index contributed by atoms with van der Waals surface area (Å²) >= 11 is 0. The highest BCUT2D eigenvalue weighted by molar-refractivity contribution is 4.97. The predicted molar refractivity (Wildman–Crippen MR) is 168 cm³/mol. The molecule has 1 atom stereocenters. The zero-order valence-electron chi connectivity index (χ0n) is 26.1. The summed E-state index contributed by atoms with van der Waals surface area (Å²) in [5.41, 5.74) is 0. The average molecular weight is 519 g/mol. The Morgan fingerprint density at radius 3 is 0.946 bits per heavy atom. The normalized spacial score (nSPS) is 15.4. The summed E-state index contributed by atoms with van der Waals surface area (Å²) in [6.45, 7) is 9.47. The fourth-order valence-electron chi connectivity index (χ4n) is 6.01. The topological polar surface area (TPSA) is 6.48 Å². The third kappa shape index (κ3) is 20.0. The van der Waals surface area contributed by atoms with Gasteiger partial charge in [-0.25, -0.2) is 0 Å². The predicted octanol–water partition coefficient (Wildman–Crippen LogP) is 12.0. The first-order valence-electron chi connectivity index (χ1n) is 17.5. The summed E-state index contributed by atoms with van der Waals surface area (Å²) < 4.78 is 0. The van der Waals surface area contributed by atoms with E-state index >= 15 is 0 Å². The largest absolute Gasteiger partial charge is 0.356 e. The van der Waals surface area contributed by atoms with Crippen molar-refractivity contribution in [2.75, 3.05) is 13.1 Å². The summed E-state index contributed by atoms with van der Waals surface area (Å²) in [6, 6.07) is 0. The van der Waals surface area contributed by atoms with Crippen molar-refractivity contribution in [3.8, 4) is 0 Å². The number of hydrogen-bond acceptors (Lipinski definition) is 2. The molecule has 1 aliphatic rings. The van der Waals surface area contributed by atoms with Crippen LogP contribution in [0.2, 0.25) is 0 Å². The maximum absolute atomic E-state index is 2.70. The van der Waals surface area contributed by atoms with Crippen LogP contribution >= 0.6 is 0 Å². The average Bonchev–Trinajstić information content (AvgIpc) is 3.29. The van der Waals surface area contributed by atoms with Crippen LogP contribution < -0.4 is 0 Å². The van der Waals surface area contributed by atoms with E-state index in [2.05, 4.69) is 43.0 Å². The van der Waals surface area contributed by atoms with E-state index in [0.717, 1.165) is 0 Å². The van der Waals surface area contributed by atoms with Crippen LogP contribution in [0.1, 0.15) is 194 Å². The van der Waals surface area contributed by atoms with Gasteiger partial charge in [-0.1, -0.05) is 168 Å². The lowest BCUT2D eigenvalue weighted by molar-refractivity contribution is 0.135. The van der Waals surface area contributed by atoms with Gasteiger partial charge < -0.3 is 9.80 Å². The smallest absolute Gasteiger partial charge is 0.101 e. The molecule has 2 heteroatoms. The Labute approximate surface area is 235 Å². The monoisotopic (exact) mass is 519 g/mol. The summed E-state index contributed by atoms with van der Waals surface area (Å²) in [6.07, 6.45) is 44.0. The molecule has 0 bridgehead atoms. The van der Waals surface area contributed by atoms with Gasteiger partial charge in [-0.15, -0.1) is 0 Å². The van der Waals surface area contributed by atoms with Gasteiger partial charge in [-0.05, 0) is 25.7 Å². The van der Waals surface area contributed by atoms with Crippen LogP contribution in [0, 0.1) is 0 Å². The standard InChI is InChI=1S/C35H70N2/c1-4-7-10-13-16-18-19-20-21-23-26-29-32-37-34-33-36(31-28-25-22-17-14-11-8-5-2)35(37)30-27-24-15-12-9-6-3/h33-35H,4-32H2,1-3H3. The molecular weight excluding hydrogens is 448 g/mol. The first-order chi connectivity index (χ1) is 18.3. The first kappa shape index (κ1) is 34.4. The third-order valence-corrected chi connectivity index (χ3v) is 8.57. The molecule has 1 aliphatic heterocycles. The minimum Gasteiger partial charge on any atom is -0.356 e. The minimum absolute atomic E-state index is 0.642. The SMILES string of the molecule is CCCCCCCCCCCCCCN1C=CN(CCCCCCCCCC)C1CCCCCCCC. The molecule has 2 nitrogen and oxygen atoms in total. The Kier molecular flexibility index (Phi) is 25.0. The Morgan fingerprint density at radius 1 is 0.351 bits per heavy atom. The fraction of sp³-hybridized carbons (Fsp3) is 0.943. The molecule has 0 saturated carbocycles. The molecule has 0 spiro atoms. The van der Waals surface area contributed by atoms with E-state index in [9.17, 15) is 0 Å². The van der Waals surface area contributed by atoms with E-state index in [0.29, 0.717) is 6.17 Å². The first-order valence-corrected chi connectivity index (χ1v) is 17.5. The second-order valence-electron chi connectivity index (χ2n) is 12.2. The van der Waals surface area contributed by atoms with Gasteiger partial charge in [-0.3, -0.25) is 0 Å². The van der Waals surface area contributed by atoms with Gasteiger partial charge in [0.2, 0.25) is 0 Å². The van der Waals surface area contributed by atoms with E-state index < -0.39 is 0 Å². The van der Waals surface area contributed by atoms with Gasteiger partial charge in [0.1, 0.15) is 6.17 Å². The van der Waals surface area contributed by atoms with E-state index in [1.54, 1.807) is 0 Å². The minimum atomic E-state index is 0.642. The Morgan fingerprint density at radius 2 is 0.622 bits per heavy atom. The summed E-state index contributed by atoms with van der Waals surface area (Å²) in [5.74, 6) is 0. The van der Waals surface area contributed by atoms with Crippen molar-refractivity contribution >= 4 is 0 Å². The molecule has 0 aromatic heterocycles.